The maximum Gasteiger partial charge on any atom is 0.323 e. The number of nitrogens with one attached hydrogen (secondary N) is 1. The van der Waals surface area contributed by atoms with E-state index < -0.39 is 16.8 Å². The van der Waals surface area contributed by atoms with Crippen molar-refractivity contribution in [2.75, 3.05) is 18.4 Å². The number of carbonyl (C=O) groups is 2. The van der Waals surface area contributed by atoms with E-state index in [-0.39, 0.29) is 29.1 Å². The maximum atomic E-state index is 13.1. The molecule has 1 saturated carbocycles. The average molecular weight is 384 g/mol. The molecule has 2 atom stereocenters. The molecule has 1 aliphatic carbocycles. The van der Waals surface area contributed by atoms with Crippen molar-refractivity contribution >= 4 is 23.3 Å². The first kappa shape index (κ1) is 18.0. The Kier molecular flexibility index (Phi) is 4.50. The number of ketones is 1. The number of pyridine rings is 1. The number of halogens is 1. The van der Waals surface area contributed by atoms with Crippen LogP contribution in [-0.4, -0.2) is 39.7 Å². The lowest BCUT2D eigenvalue weighted by Crippen LogP contribution is -2.34. The van der Waals surface area contributed by atoms with Crippen LogP contribution in [0.15, 0.2) is 36.4 Å². The zero-order valence-electron chi connectivity index (χ0n) is 14.8. The molecule has 0 spiro atoms. The van der Waals surface area contributed by atoms with Crippen molar-refractivity contribution in [3.05, 3.63) is 52.3 Å². The lowest BCUT2D eigenvalue weighted by molar-refractivity contribution is -0.384. The van der Waals surface area contributed by atoms with E-state index in [9.17, 15) is 24.1 Å². The summed E-state index contributed by atoms with van der Waals surface area (Å²) in [5.41, 5.74) is 0.625. The first-order valence-corrected chi connectivity index (χ1v) is 8.89. The standard InChI is InChI=1S/C19H17FN4O4/c20-14-3-1-11(2-4-14)16-5-6-17(24(27)28)18(21-16)22-19(26)23-9-12-7-15(25)8-13(12)10-23/h1-6,12-13H,7-10H2,(H,21,22,26). The number of aromatic nitrogens is 1. The third-order valence-corrected chi connectivity index (χ3v) is 5.28. The van der Waals surface area contributed by atoms with E-state index in [0.29, 0.717) is 37.2 Å². The number of benzene rings is 1. The van der Waals surface area contributed by atoms with Gasteiger partial charge in [-0.05, 0) is 42.2 Å². The van der Waals surface area contributed by atoms with E-state index in [0.717, 1.165) is 0 Å². The van der Waals surface area contributed by atoms with E-state index in [1.807, 2.05) is 0 Å². The summed E-state index contributed by atoms with van der Waals surface area (Å²) >= 11 is 0. The van der Waals surface area contributed by atoms with Crippen molar-refractivity contribution in [2.24, 2.45) is 11.8 Å². The average Bonchev–Trinajstić information content (AvgIpc) is 3.19. The predicted molar refractivity (Wildman–Crippen MR) is 98.1 cm³/mol. The third-order valence-electron chi connectivity index (χ3n) is 5.28. The van der Waals surface area contributed by atoms with Gasteiger partial charge in [0.25, 0.3) is 0 Å². The first-order valence-electron chi connectivity index (χ1n) is 8.89. The highest BCUT2D eigenvalue weighted by Crippen LogP contribution is 2.36. The first-order chi connectivity index (χ1) is 13.4. The molecule has 2 aliphatic rings. The molecular weight excluding hydrogens is 367 g/mol. The molecule has 2 aromatic rings. The topological polar surface area (TPSA) is 105 Å². The smallest absolute Gasteiger partial charge is 0.323 e. The van der Waals surface area contributed by atoms with Crippen molar-refractivity contribution in [1.29, 1.82) is 0 Å². The SMILES string of the molecule is O=C1CC2CN(C(=O)Nc3nc(-c4ccc(F)cc4)ccc3[N+](=O)[O-])CC2C1. The minimum Gasteiger partial charge on any atom is -0.324 e. The van der Waals surface area contributed by atoms with Crippen LogP contribution in [-0.2, 0) is 4.79 Å². The molecule has 1 aliphatic heterocycles. The number of likely N-dealkylation sites (tertiary alicyclic amines) is 1. The number of hydrogen-bond acceptors (Lipinski definition) is 5. The molecule has 28 heavy (non-hydrogen) atoms. The molecule has 1 N–H and O–H groups in total. The fourth-order valence-corrected chi connectivity index (χ4v) is 3.89. The minimum absolute atomic E-state index is 0.159. The molecular formula is C19H17FN4O4. The van der Waals surface area contributed by atoms with Gasteiger partial charge in [0.15, 0.2) is 0 Å². The molecule has 144 valence electrons. The van der Waals surface area contributed by atoms with Crippen LogP contribution in [0.3, 0.4) is 0 Å². The second-order valence-electron chi connectivity index (χ2n) is 7.13. The van der Waals surface area contributed by atoms with Crippen LogP contribution in [0.5, 0.6) is 0 Å². The maximum absolute atomic E-state index is 13.1. The zero-order valence-corrected chi connectivity index (χ0v) is 14.8. The van der Waals surface area contributed by atoms with Crippen LogP contribution < -0.4 is 5.32 Å². The number of Topliss-reactive ketones (excluding diaryl/α,β-unsaturated/α-hetero) is 1. The predicted octanol–water partition coefficient (Wildman–Crippen LogP) is 3.24. The summed E-state index contributed by atoms with van der Waals surface area (Å²) in [6, 6.07) is 7.78. The summed E-state index contributed by atoms with van der Waals surface area (Å²) in [5.74, 6) is -0.0277. The minimum atomic E-state index is -0.617. The normalized spacial score (nSPS) is 20.9. The van der Waals surface area contributed by atoms with Gasteiger partial charge in [-0.25, -0.2) is 14.2 Å². The zero-order chi connectivity index (χ0) is 19.8. The summed E-state index contributed by atoms with van der Waals surface area (Å²) in [5, 5.41) is 13.9. The molecule has 1 saturated heterocycles. The summed E-state index contributed by atoms with van der Waals surface area (Å²) < 4.78 is 13.1. The molecule has 2 fully saturated rings. The number of rotatable bonds is 3. The second kappa shape index (κ2) is 6.99. The van der Waals surface area contributed by atoms with Gasteiger partial charge in [0.05, 0.1) is 10.6 Å². The Balaban J connectivity index is 1.56. The van der Waals surface area contributed by atoms with Gasteiger partial charge in [-0.15, -0.1) is 0 Å². The quantitative estimate of drug-likeness (QED) is 0.646. The van der Waals surface area contributed by atoms with Crippen molar-refractivity contribution < 1.29 is 18.9 Å². The fraction of sp³-hybridized carbons (Fsp3) is 0.316. The van der Waals surface area contributed by atoms with Gasteiger partial charge in [-0.2, -0.15) is 0 Å². The number of urea groups is 1. The van der Waals surface area contributed by atoms with Gasteiger partial charge in [0.1, 0.15) is 11.6 Å². The summed E-state index contributed by atoms with van der Waals surface area (Å²) in [6.07, 6.45) is 0.958. The lowest BCUT2D eigenvalue weighted by Gasteiger charge is -2.18. The van der Waals surface area contributed by atoms with Crippen LogP contribution >= 0.6 is 0 Å². The molecule has 1 aromatic carbocycles. The van der Waals surface area contributed by atoms with Crippen LogP contribution in [0.25, 0.3) is 11.3 Å². The second-order valence-corrected chi connectivity index (χ2v) is 7.13. The van der Waals surface area contributed by atoms with Gasteiger partial charge in [0, 0.05) is 37.6 Å². The van der Waals surface area contributed by atoms with Crippen molar-refractivity contribution in [3.63, 3.8) is 0 Å². The van der Waals surface area contributed by atoms with E-state index in [1.54, 1.807) is 4.90 Å². The van der Waals surface area contributed by atoms with Gasteiger partial charge in [0.2, 0.25) is 5.82 Å². The highest BCUT2D eigenvalue weighted by Gasteiger charge is 2.42. The van der Waals surface area contributed by atoms with Crippen LogP contribution in [0.2, 0.25) is 0 Å². The monoisotopic (exact) mass is 384 g/mol. The number of carbonyl (C=O) groups excluding carboxylic acids is 2. The fourth-order valence-electron chi connectivity index (χ4n) is 3.89. The van der Waals surface area contributed by atoms with E-state index in [2.05, 4.69) is 10.3 Å². The number of amides is 2. The molecule has 2 amide bonds. The number of nitro groups is 1. The van der Waals surface area contributed by atoms with Gasteiger partial charge < -0.3 is 4.90 Å². The Morgan fingerprint density at radius 3 is 2.39 bits per heavy atom. The Hall–Kier alpha value is -3.36. The summed E-state index contributed by atoms with van der Waals surface area (Å²) in [4.78, 5) is 40.6. The van der Waals surface area contributed by atoms with Crippen molar-refractivity contribution in [1.82, 2.24) is 9.88 Å². The number of nitrogens with zero attached hydrogens (tertiary/aromatic N) is 3. The summed E-state index contributed by atoms with van der Waals surface area (Å²) in [7, 11) is 0. The number of hydrogen-bond donors (Lipinski definition) is 1. The van der Waals surface area contributed by atoms with Crippen LogP contribution in [0.1, 0.15) is 12.8 Å². The largest absolute Gasteiger partial charge is 0.324 e. The molecule has 0 bridgehead atoms. The lowest BCUT2D eigenvalue weighted by atomic mass is 10.0. The highest BCUT2D eigenvalue weighted by atomic mass is 19.1. The van der Waals surface area contributed by atoms with Crippen molar-refractivity contribution in [3.8, 4) is 11.3 Å². The van der Waals surface area contributed by atoms with E-state index in [4.69, 9.17) is 0 Å². The Morgan fingerprint density at radius 1 is 1.14 bits per heavy atom. The van der Waals surface area contributed by atoms with Crippen molar-refractivity contribution in [2.45, 2.75) is 12.8 Å². The van der Waals surface area contributed by atoms with Gasteiger partial charge in [-0.3, -0.25) is 20.2 Å². The Labute approximate surface area is 159 Å². The van der Waals surface area contributed by atoms with Gasteiger partial charge >= 0.3 is 11.7 Å². The third kappa shape index (κ3) is 3.42. The van der Waals surface area contributed by atoms with Gasteiger partial charge in [-0.1, -0.05) is 0 Å². The van der Waals surface area contributed by atoms with Crippen LogP contribution in [0, 0.1) is 27.8 Å². The summed E-state index contributed by atoms with van der Waals surface area (Å²) in [6.45, 7) is 0.904. The molecule has 8 nitrogen and oxygen atoms in total. The molecule has 2 heterocycles. The molecule has 4 rings (SSSR count). The molecule has 2 unspecified atom stereocenters. The van der Waals surface area contributed by atoms with E-state index >= 15 is 0 Å². The van der Waals surface area contributed by atoms with Crippen LogP contribution in [0.4, 0.5) is 20.7 Å². The molecule has 0 radical (unpaired) electrons. The number of fused-ring (bicyclic) bond motifs is 1. The Morgan fingerprint density at radius 2 is 1.79 bits per heavy atom. The highest BCUT2D eigenvalue weighted by molar-refractivity contribution is 5.91. The van der Waals surface area contributed by atoms with E-state index in [1.165, 1.54) is 36.4 Å². The number of anilines is 1. The Bertz CT molecular complexity index is 947. The molecule has 1 aromatic heterocycles. The molecule has 9 heteroatoms.